The molecule has 2 N–H and O–H groups in total. The van der Waals surface area contributed by atoms with Gasteiger partial charge in [0, 0.05) is 5.69 Å². The van der Waals surface area contributed by atoms with Crippen LogP contribution in [-0.4, -0.2) is 21.2 Å². The van der Waals surface area contributed by atoms with Gasteiger partial charge in [-0.3, -0.25) is 4.98 Å². The molecule has 0 bridgehead atoms. The van der Waals surface area contributed by atoms with Gasteiger partial charge >= 0.3 is 5.97 Å². The molecule has 1 aliphatic carbocycles. The first-order valence-electron chi connectivity index (χ1n) is 5.01. The second kappa shape index (κ2) is 3.62. The third-order valence-electron chi connectivity index (χ3n) is 2.73. The first-order valence-corrected chi connectivity index (χ1v) is 5.01. The summed E-state index contributed by atoms with van der Waals surface area (Å²) < 4.78 is 0. The number of hydrogen-bond acceptors (Lipinski definition) is 3. The Kier molecular flexibility index (Phi) is 2.44. The highest BCUT2D eigenvalue weighted by molar-refractivity contribution is 5.89. The second-order valence-corrected chi connectivity index (χ2v) is 3.89. The van der Waals surface area contributed by atoms with Crippen molar-refractivity contribution >= 4 is 5.97 Å². The van der Waals surface area contributed by atoms with Crippen LogP contribution in [0.3, 0.4) is 0 Å². The molecular weight excluding hydrogens is 194 g/mol. The number of fused-ring (bicyclic) bond motifs is 1. The fraction of sp³-hybridized carbons (Fsp3) is 0.455. The standard InChI is InChI=1S/C11H13NO3/c1-6-5-8(11(14)15)7-3-2-4-9(13)10(7)12-6/h5,9,13H,2-4H2,1H3,(H,14,15). The fourth-order valence-electron chi connectivity index (χ4n) is 2.06. The van der Waals surface area contributed by atoms with Crippen molar-refractivity contribution in [2.24, 2.45) is 0 Å². The van der Waals surface area contributed by atoms with Gasteiger partial charge in [-0.1, -0.05) is 0 Å². The first-order chi connectivity index (χ1) is 7.09. The fourth-order valence-corrected chi connectivity index (χ4v) is 2.06. The van der Waals surface area contributed by atoms with E-state index in [-0.39, 0.29) is 5.56 Å². The van der Waals surface area contributed by atoms with Crippen molar-refractivity contribution in [3.8, 4) is 0 Å². The normalized spacial score (nSPS) is 19.7. The number of aromatic nitrogens is 1. The minimum absolute atomic E-state index is 0.288. The smallest absolute Gasteiger partial charge is 0.336 e. The molecule has 0 amide bonds. The average molecular weight is 207 g/mol. The molecule has 4 nitrogen and oxygen atoms in total. The summed E-state index contributed by atoms with van der Waals surface area (Å²) in [6.07, 6.45) is 1.58. The summed E-state index contributed by atoms with van der Waals surface area (Å²) in [6, 6.07) is 1.57. The largest absolute Gasteiger partial charge is 0.478 e. The summed E-state index contributed by atoms with van der Waals surface area (Å²) in [7, 11) is 0. The lowest BCUT2D eigenvalue weighted by Crippen LogP contribution is -2.16. The van der Waals surface area contributed by atoms with Crippen LogP contribution < -0.4 is 0 Å². The van der Waals surface area contributed by atoms with Crippen LogP contribution >= 0.6 is 0 Å². The molecule has 0 spiro atoms. The summed E-state index contributed by atoms with van der Waals surface area (Å²) in [5, 5.41) is 18.8. The number of carboxylic acid groups (broad SMARTS) is 1. The van der Waals surface area contributed by atoms with Crippen LogP contribution in [0.15, 0.2) is 6.07 Å². The monoisotopic (exact) mass is 207 g/mol. The van der Waals surface area contributed by atoms with Crippen LogP contribution in [0.5, 0.6) is 0 Å². The van der Waals surface area contributed by atoms with E-state index in [1.165, 1.54) is 0 Å². The van der Waals surface area contributed by atoms with Crippen LogP contribution in [0.1, 0.15) is 46.3 Å². The zero-order valence-corrected chi connectivity index (χ0v) is 8.53. The molecule has 1 heterocycles. The molecule has 1 atom stereocenters. The van der Waals surface area contributed by atoms with E-state index in [0.29, 0.717) is 29.8 Å². The maximum absolute atomic E-state index is 11.0. The van der Waals surface area contributed by atoms with Crippen molar-refractivity contribution in [3.05, 3.63) is 28.6 Å². The predicted molar refractivity (Wildman–Crippen MR) is 53.8 cm³/mol. The summed E-state index contributed by atoms with van der Waals surface area (Å²) in [4.78, 5) is 15.2. The number of carbonyl (C=O) groups is 1. The molecular formula is C11H13NO3. The number of hydrogen-bond donors (Lipinski definition) is 2. The number of rotatable bonds is 1. The predicted octanol–water partition coefficient (Wildman–Crippen LogP) is 1.46. The summed E-state index contributed by atoms with van der Waals surface area (Å²) in [5.41, 5.74) is 2.19. The molecule has 0 saturated carbocycles. The van der Waals surface area contributed by atoms with Gasteiger partial charge in [0.05, 0.1) is 17.4 Å². The van der Waals surface area contributed by atoms with Crippen molar-refractivity contribution in [3.63, 3.8) is 0 Å². The maximum atomic E-state index is 11.0. The Labute approximate surface area is 87.6 Å². The first kappa shape index (κ1) is 10.1. The lowest BCUT2D eigenvalue weighted by molar-refractivity contribution is 0.0693. The van der Waals surface area contributed by atoms with Gasteiger partial charge in [0.15, 0.2) is 0 Å². The second-order valence-electron chi connectivity index (χ2n) is 3.89. The Balaban J connectivity index is 2.62. The summed E-state index contributed by atoms with van der Waals surface area (Å²) in [5.74, 6) is -0.939. The molecule has 80 valence electrons. The molecule has 1 aliphatic rings. The van der Waals surface area contributed by atoms with Crippen LogP contribution in [0.2, 0.25) is 0 Å². The van der Waals surface area contributed by atoms with Crippen LogP contribution in [0.4, 0.5) is 0 Å². The lowest BCUT2D eigenvalue weighted by Gasteiger charge is -2.22. The van der Waals surface area contributed by atoms with Gasteiger partial charge < -0.3 is 10.2 Å². The van der Waals surface area contributed by atoms with E-state index < -0.39 is 12.1 Å². The van der Waals surface area contributed by atoms with Gasteiger partial charge in [-0.25, -0.2) is 4.79 Å². The van der Waals surface area contributed by atoms with Crippen molar-refractivity contribution < 1.29 is 15.0 Å². The highest BCUT2D eigenvalue weighted by Crippen LogP contribution is 2.30. The van der Waals surface area contributed by atoms with Gasteiger partial charge in [0.2, 0.25) is 0 Å². The molecule has 0 fully saturated rings. The molecule has 4 heteroatoms. The van der Waals surface area contributed by atoms with Crippen LogP contribution in [0, 0.1) is 6.92 Å². The van der Waals surface area contributed by atoms with Gasteiger partial charge in [-0.15, -0.1) is 0 Å². The van der Waals surface area contributed by atoms with Gasteiger partial charge in [-0.05, 0) is 37.8 Å². The van der Waals surface area contributed by atoms with E-state index in [9.17, 15) is 9.90 Å². The zero-order chi connectivity index (χ0) is 11.0. The third kappa shape index (κ3) is 1.72. The highest BCUT2D eigenvalue weighted by atomic mass is 16.4. The van der Waals surface area contributed by atoms with Gasteiger partial charge in [0.25, 0.3) is 0 Å². The van der Waals surface area contributed by atoms with Crippen LogP contribution in [0.25, 0.3) is 0 Å². The summed E-state index contributed by atoms with van der Waals surface area (Å²) >= 11 is 0. The topological polar surface area (TPSA) is 70.4 Å². The Hall–Kier alpha value is -1.42. The Morgan fingerprint density at radius 1 is 1.60 bits per heavy atom. The Morgan fingerprint density at radius 3 is 3.00 bits per heavy atom. The summed E-state index contributed by atoms with van der Waals surface area (Å²) in [6.45, 7) is 1.74. The minimum Gasteiger partial charge on any atom is -0.478 e. The molecule has 0 radical (unpaired) electrons. The molecule has 1 aromatic heterocycles. The number of aliphatic hydroxyl groups excluding tert-OH is 1. The van der Waals surface area contributed by atoms with E-state index >= 15 is 0 Å². The van der Waals surface area contributed by atoms with E-state index in [1.54, 1.807) is 13.0 Å². The minimum atomic E-state index is -0.939. The van der Waals surface area contributed by atoms with Gasteiger partial charge in [-0.2, -0.15) is 0 Å². The van der Waals surface area contributed by atoms with E-state index in [1.807, 2.05) is 0 Å². The van der Waals surface area contributed by atoms with E-state index in [4.69, 9.17) is 5.11 Å². The van der Waals surface area contributed by atoms with E-state index in [0.717, 1.165) is 6.42 Å². The number of carboxylic acids is 1. The van der Waals surface area contributed by atoms with Crippen molar-refractivity contribution in [2.75, 3.05) is 0 Å². The highest BCUT2D eigenvalue weighted by Gasteiger charge is 2.24. The molecule has 15 heavy (non-hydrogen) atoms. The SMILES string of the molecule is Cc1cc(C(=O)O)c2c(n1)C(O)CCC2. The van der Waals surface area contributed by atoms with Gasteiger partial charge in [0.1, 0.15) is 0 Å². The molecule has 0 saturated heterocycles. The molecule has 1 aromatic rings. The quantitative estimate of drug-likeness (QED) is 0.731. The molecule has 2 rings (SSSR count). The Morgan fingerprint density at radius 2 is 2.33 bits per heavy atom. The number of aliphatic hydroxyl groups is 1. The van der Waals surface area contributed by atoms with Crippen molar-refractivity contribution in [2.45, 2.75) is 32.3 Å². The molecule has 0 aromatic carbocycles. The van der Waals surface area contributed by atoms with E-state index in [2.05, 4.69) is 4.98 Å². The number of aryl methyl sites for hydroxylation is 1. The van der Waals surface area contributed by atoms with Crippen molar-refractivity contribution in [1.29, 1.82) is 0 Å². The molecule has 1 unspecified atom stereocenters. The Bertz CT molecular complexity index is 415. The lowest BCUT2D eigenvalue weighted by atomic mass is 9.90. The van der Waals surface area contributed by atoms with Crippen LogP contribution in [-0.2, 0) is 6.42 Å². The maximum Gasteiger partial charge on any atom is 0.336 e. The number of nitrogens with zero attached hydrogens (tertiary/aromatic N) is 1. The third-order valence-corrected chi connectivity index (χ3v) is 2.73. The zero-order valence-electron chi connectivity index (χ0n) is 8.53. The average Bonchev–Trinajstić information content (AvgIpc) is 2.18. The van der Waals surface area contributed by atoms with Crippen molar-refractivity contribution in [1.82, 2.24) is 4.98 Å². The molecule has 0 aliphatic heterocycles. The number of aromatic carboxylic acids is 1. The number of pyridine rings is 1.